The Bertz CT molecular complexity index is 936. The zero-order chi connectivity index (χ0) is 24.0. The fraction of sp³-hybridized carbons (Fsp3) is 0.387. The van der Waals surface area contributed by atoms with Gasteiger partial charge in [0.25, 0.3) is 0 Å². The van der Waals surface area contributed by atoms with E-state index in [9.17, 15) is 4.79 Å². The van der Waals surface area contributed by atoms with Gasteiger partial charge in [-0.15, -0.1) is 0 Å². The molecule has 0 radical (unpaired) electrons. The number of carbonyl (C=O) groups excluding carboxylic acids is 1. The molecule has 0 spiro atoms. The summed E-state index contributed by atoms with van der Waals surface area (Å²) in [5.41, 5.74) is 0. The number of ether oxygens (including phenoxy) is 1. The molecule has 34 heavy (non-hydrogen) atoms. The molecule has 0 amide bonds. The average molecular weight is 561 g/mol. The van der Waals surface area contributed by atoms with Crippen molar-refractivity contribution in [1.82, 2.24) is 0 Å². The molecule has 1 aliphatic rings. The summed E-state index contributed by atoms with van der Waals surface area (Å²) in [6.07, 6.45) is 3.94. The summed E-state index contributed by atoms with van der Waals surface area (Å²) in [6.45, 7) is 6.82. The first kappa shape index (κ1) is 25.0. The molecule has 3 atom stereocenters. The molecule has 2 nitrogen and oxygen atoms in total. The van der Waals surface area contributed by atoms with E-state index in [0.717, 1.165) is 17.3 Å². The van der Waals surface area contributed by atoms with Gasteiger partial charge >= 0.3 is 210 Å². The van der Waals surface area contributed by atoms with Gasteiger partial charge in [0.15, 0.2) is 0 Å². The molecule has 1 aliphatic carbocycles. The van der Waals surface area contributed by atoms with Crippen molar-refractivity contribution < 1.29 is 9.53 Å². The third kappa shape index (κ3) is 5.59. The Morgan fingerprint density at radius 1 is 0.824 bits per heavy atom. The maximum absolute atomic E-state index is 13.3. The van der Waals surface area contributed by atoms with Crippen LogP contribution in [0.1, 0.15) is 46.5 Å². The summed E-state index contributed by atoms with van der Waals surface area (Å²) >= 11 is -3.42. The predicted octanol–water partition coefficient (Wildman–Crippen LogP) is 5.55. The van der Waals surface area contributed by atoms with E-state index in [2.05, 4.69) is 112 Å². The molecule has 0 aliphatic heterocycles. The van der Waals surface area contributed by atoms with Crippen LogP contribution in [0.4, 0.5) is 0 Å². The summed E-state index contributed by atoms with van der Waals surface area (Å²) in [4.78, 5) is 13.3. The molecule has 3 heteroatoms. The molecular formula is C31H38O2Sn. The molecule has 4 rings (SSSR count). The standard InChI is InChI=1S/C13H23O2.3C6H5.Sn/c1-5-13(14)15-12-8-10(4)6-7-11(12)9(2)3;3*1-2-4-6-5-3-1;/h9-12H,1,5-8H2,2-4H3;3*1-5H;/t10-,11+,12-;;;;/m1..../s1. The molecule has 178 valence electrons. The first-order valence-electron chi connectivity index (χ1n) is 12.9. The van der Waals surface area contributed by atoms with E-state index >= 15 is 0 Å². The Morgan fingerprint density at radius 3 is 1.74 bits per heavy atom. The number of hydrogen-bond acceptors (Lipinski definition) is 2. The zero-order valence-electron chi connectivity index (χ0n) is 20.8. The van der Waals surface area contributed by atoms with Crippen molar-refractivity contribution in [2.75, 3.05) is 0 Å². The second kappa shape index (κ2) is 11.6. The quantitative estimate of drug-likeness (QED) is 0.267. The van der Waals surface area contributed by atoms with Crippen molar-refractivity contribution >= 4 is 35.1 Å². The summed E-state index contributed by atoms with van der Waals surface area (Å²) in [5.74, 6) is 1.63. The molecule has 1 fully saturated rings. The van der Waals surface area contributed by atoms with Crippen LogP contribution in [0.3, 0.4) is 0 Å². The van der Waals surface area contributed by atoms with Gasteiger partial charge in [-0.3, -0.25) is 0 Å². The third-order valence-electron chi connectivity index (χ3n) is 7.75. The Labute approximate surface area is 209 Å². The maximum atomic E-state index is 13.3. The van der Waals surface area contributed by atoms with Crippen LogP contribution in [0.5, 0.6) is 0 Å². The summed E-state index contributed by atoms with van der Waals surface area (Å²) in [6, 6.07) is 32.8. The average Bonchev–Trinajstić information content (AvgIpc) is 2.86. The zero-order valence-corrected chi connectivity index (χ0v) is 23.7. The number of hydrogen-bond donors (Lipinski definition) is 0. The molecular weight excluding hydrogens is 523 g/mol. The van der Waals surface area contributed by atoms with Gasteiger partial charge in [0.2, 0.25) is 0 Å². The summed E-state index contributed by atoms with van der Waals surface area (Å²) in [5, 5.41) is 0. The van der Waals surface area contributed by atoms with Crippen LogP contribution >= 0.6 is 0 Å². The van der Waals surface area contributed by atoms with E-state index in [1.807, 2.05) is 0 Å². The van der Waals surface area contributed by atoms with Crippen molar-refractivity contribution in [3.05, 3.63) is 91.0 Å². The Balaban J connectivity index is 1.65. The van der Waals surface area contributed by atoms with Gasteiger partial charge in [0, 0.05) is 0 Å². The van der Waals surface area contributed by atoms with Gasteiger partial charge in [-0.2, -0.15) is 0 Å². The molecule has 0 saturated heterocycles. The normalized spacial score (nSPS) is 20.8. The van der Waals surface area contributed by atoms with E-state index < -0.39 is 18.4 Å². The van der Waals surface area contributed by atoms with Crippen LogP contribution in [-0.2, 0) is 9.53 Å². The minimum atomic E-state index is -3.42. The molecule has 0 bridgehead atoms. The van der Waals surface area contributed by atoms with Crippen molar-refractivity contribution in [1.29, 1.82) is 0 Å². The van der Waals surface area contributed by atoms with Gasteiger partial charge in [-0.1, -0.05) is 0 Å². The molecule has 1 saturated carbocycles. The van der Waals surface area contributed by atoms with E-state index in [4.69, 9.17) is 4.74 Å². The van der Waals surface area contributed by atoms with Crippen LogP contribution < -0.4 is 10.7 Å². The van der Waals surface area contributed by atoms with Crippen molar-refractivity contribution in [3.63, 3.8) is 0 Å². The predicted molar refractivity (Wildman–Crippen MR) is 145 cm³/mol. The molecule has 3 aromatic rings. The van der Waals surface area contributed by atoms with Gasteiger partial charge in [0.05, 0.1) is 0 Å². The van der Waals surface area contributed by atoms with E-state index in [0.29, 0.717) is 24.2 Å². The van der Waals surface area contributed by atoms with Gasteiger partial charge in [-0.05, 0) is 0 Å². The number of carbonyl (C=O) groups is 1. The van der Waals surface area contributed by atoms with Crippen molar-refractivity contribution in [2.24, 2.45) is 17.8 Å². The number of benzene rings is 3. The van der Waals surface area contributed by atoms with Crippen LogP contribution in [0, 0.1) is 17.8 Å². The van der Waals surface area contributed by atoms with Crippen molar-refractivity contribution in [3.8, 4) is 0 Å². The van der Waals surface area contributed by atoms with Gasteiger partial charge in [-0.25, -0.2) is 0 Å². The van der Waals surface area contributed by atoms with Crippen LogP contribution in [0.25, 0.3) is 0 Å². The fourth-order valence-corrected chi connectivity index (χ4v) is 19.4. The van der Waals surface area contributed by atoms with E-state index in [1.54, 1.807) is 0 Å². The Kier molecular flexibility index (Phi) is 8.52. The van der Waals surface area contributed by atoms with Crippen LogP contribution in [0.15, 0.2) is 91.0 Å². The summed E-state index contributed by atoms with van der Waals surface area (Å²) in [7, 11) is 0. The third-order valence-corrected chi connectivity index (χ3v) is 21.9. The molecule has 0 unspecified atom stereocenters. The Morgan fingerprint density at radius 2 is 1.29 bits per heavy atom. The monoisotopic (exact) mass is 562 g/mol. The number of esters is 1. The van der Waals surface area contributed by atoms with E-state index in [-0.39, 0.29) is 12.1 Å². The molecule has 0 heterocycles. The molecule has 0 N–H and O–H groups in total. The molecule has 0 aromatic heterocycles. The van der Waals surface area contributed by atoms with Gasteiger partial charge in [0.1, 0.15) is 0 Å². The van der Waals surface area contributed by atoms with Crippen molar-refractivity contribution in [2.45, 2.75) is 57.0 Å². The van der Waals surface area contributed by atoms with E-state index in [1.165, 1.54) is 17.2 Å². The summed E-state index contributed by atoms with van der Waals surface area (Å²) < 4.78 is 11.3. The first-order chi connectivity index (χ1) is 16.5. The van der Waals surface area contributed by atoms with Crippen LogP contribution in [-0.4, -0.2) is 30.5 Å². The van der Waals surface area contributed by atoms with Gasteiger partial charge < -0.3 is 0 Å². The second-order valence-electron chi connectivity index (χ2n) is 10.4. The fourth-order valence-electron chi connectivity index (χ4n) is 5.87. The molecule has 3 aromatic carbocycles. The second-order valence-corrected chi connectivity index (χ2v) is 21.9. The topological polar surface area (TPSA) is 26.3 Å². The minimum absolute atomic E-state index is 0.0198. The van der Waals surface area contributed by atoms with Crippen LogP contribution in [0.2, 0.25) is 4.44 Å². The SMILES string of the molecule is CC(C)[C@@H]1CC[C@@H](C)C[C@H]1OC(=O)C[CH2][Sn]([c]1ccccc1)([c]1ccccc1)[c]1ccccc1. The Hall–Kier alpha value is -2.07. The first-order valence-corrected chi connectivity index (χ1v) is 19.2. The number of rotatable bonds is 8.